The van der Waals surface area contributed by atoms with E-state index in [4.69, 9.17) is 11.6 Å². The Hall–Kier alpha value is -1.59. The molecule has 2 aliphatic rings. The zero-order valence-electron chi connectivity index (χ0n) is 12.3. The minimum Gasteiger partial charge on any atom is -0.350 e. The summed E-state index contributed by atoms with van der Waals surface area (Å²) in [6.45, 7) is 0. The van der Waals surface area contributed by atoms with Gasteiger partial charge in [-0.2, -0.15) is 0 Å². The SMILES string of the molecule is O=C(CC1NC2CCCCC2NC1=O)Nc1ccccc1Cl. The van der Waals surface area contributed by atoms with Crippen molar-refractivity contribution < 1.29 is 9.59 Å². The van der Waals surface area contributed by atoms with Crippen LogP contribution in [0, 0.1) is 0 Å². The predicted molar refractivity (Wildman–Crippen MR) is 85.8 cm³/mol. The molecule has 1 aliphatic heterocycles. The number of fused-ring (bicyclic) bond motifs is 1. The Bertz CT molecular complexity index is 578. The second kappa shape index (κ2) is 6.67. The van der Waals surface area contributed by atoms with Crippen molar-refractivity contribution >= 4 is 29.1 Å². The smallest absolute Gasteiger partial charge is 0.237 e. The summed E-state index contributed by atoms with van der Waals surface area (Å²) < 4.78 is 0. The number of carbonyl (C=O) groups is 2. The van der Waals surface area contributed by atoms with Gasteiger partial charge in [-0.3, -0.25) is 9.59 Å². The Kier molecular flexibility index (Phi) is 4.64. The summed E-state index contributed by atoms with van der Waals surface area (Å²) in [5.41, 5.74) is 0.570. The van der Waals surface area contributed by atoms with Crippen LogP contribution in [-0.4, -0.2) is 29.9 Å². The number of hydrogen-bond donors (Lipinski definition) is 3. The van der Waals surface area contributed by atoms with Gasteiger partial charge in [0.2, 0.25) is 11.8 Å². The Morgan fingerprint density at radius 3 is 2.73 bits per heavy atom. The molecule has 1 aromatic carbocycles. The summed E-state index contributed by atoms with van der Waals surface area (Å²) in [5, 5.41) is 9.62. The number of anilines is 1. The number of hydrogen-bond acceptors (Lipinski definition) is 3. The van der Waals surface area contributed by atoms with Crippen LogP contribution < -0.4 is 16.0 Å². The summed E-state index contributed by atoms with van der Waals surface area (Å²) in [7, 11) is 0. The van der Waals surface area contributed by atoms with Gasteiger partial charge in [0.15, 0.2) is 0 Å². The monoisotopic (exact) mass is 321 g/mol. The van der Waals surface area contributed by atoms with Crippen LogP contribution in [0.5, 0.6) is 0 Å². The number of rotatable bonds is 3. The standard InChI is InChI=1S/C16H20ClN3O2/c17-10-5-1-2-6-11(10)19-15(21)9-14-16(22)20-13-8-4-3-7-12(13)18-14/h1-2,5-6,12-14,18H,3-4,7-9H2,(H,19,21)(H,20,22). The summed E-state index contributed by atoms with van der Waals surface area (Å²) in [4.78, 5) is 24.3. The average Bonchev–Trinajstić information content (AvgIpc) is 2.50. The zero-order valence-corrected chi connectivity index (χ0v) is 13.0. The van der Waals surface area contributed by atoms with E-state index in [0.717, 1.165) is 19.3 Å². The predicted octanol–water partition coefficient (Wildman–Crippen LogP) is 2.07. The van der Waals surface area contributed by atoms with Gasteiger partial charge in [-0.1, -0.05) is 36.6 Å². The van der Waals surface area contributed by atoms with Crippen molar-refractivity contribution in [3.8, 4) is 0 Å². The van der Waals surface area contributed by atoms with Crippen LogP contribution in [0.1, 0.15) is 32.1 Å². The van der Waals surface area contributed by atoms with Gasteiger partial charge in [0.1, 0.15) is 0 Å². The minimum absolute atomic E-state index is 0.0857. The van der Waals surface area contributed by atoms with E-state index in [1.54, 1.807) is 24.3 Å². The van der Waals surface area contributed by atoms with Crippen molar-refractivity contribution in [3.05, 3.63) is 29.3 Å². The molecule has 3 atom stereocenters. The van der Waals surface area contributed by atoms with Crippen LogP contribution in [0.25, 0.3) is 0 Å². The summed E-state index contributed by atoms with van der Waals surface area (Å²) in [5.74, 6) is -0.299. The van der Waals surface area contributed by atoms with E-state index in [2.05, 4.69) is 16.0 Å². The summed E-state index contributed by atoms with van der Waals surface area (Å²) >= 11 is 6.02. The molecule has 6 heteroatoms. The molecular formula is C16H20ClN3O2. The first-order chi connectivity index (χ1) is 10.6. The molecule has 2 amide bonds. The first kappa shape index (κ1) is 15.3. The van der Waals surface area contributed by atoms with Gasteiger partial charge in [0.25, 0.3) is 0 Å². The van der Waals surface area contributed by atoms with E-state index >= 15 is 0 Å². The number of benzene rings is 1. The lowest BCUT2D eigenvalue weighted by molar-refractivity contribution is -0.129. The van der Waals surface area contributed by atoms with E-state index in [0.29, 0.717) is 10.7 Å². The highest BCUT2D eigenvalue weighted by molar-refractivity contribution is 6.33. The molecule has 1 saturated heterocycles. The first-order valence-corrected chi connectivity index (χ1v) is 8.12. The number of carbonyl (C=O) groups excluding carboxylic acids is 2. The van der Waals surface area contributed by atoms with E-state index < -0.39 is 6.04 Å². The van der Waals surface area contributed by atoms with Gasteiger partial charge >= 0.3 is 0 Å². The molecule has 0 aromatic heterocycles. The third-order valence-corrected chi connectivity index (χ3v) is 4.69. The molecular weight excluding hydrogens is 302 g/mol. The van der Waals surface area contributed by atoms with Gasteiger partial charge < -0.3 is 16.0 Å². The molecule has 3 unspecified atom stereocenters. The number of nitrogens with one attached hydrogen (secondary N) is 3. The van der Waals surface area contributed by atoms with Crippen LogP contribution in [-0.2, 0) is 9.59 Å². The maximum atomic E-state index is 12.1. The van der Waals surface area contributed by atoms with Gasteiger partial charge in [0, 0.05) is 12.1 Å². The normalized spacial score (nSPS) is 27.7. The molecule has 0 spiro atoms. The van der Waals surface area contributed by atoms with Crippen LogP contribution in [0.4, 0.5) is 5.69 Å². The van der Waals surface area contributed by atoms with Crippen molar-refractivity contribution in [1.29, 1.82) is 0 Å². The lowest BCUT2D eigenvalue weighted by Gasteiger charge is -2.40. The Labute approximate surface area is 134 Å². The fraction of sp³-hybridized carbons (Fsp3) is 0.500. The molecule has 118 valence electrons. The molecule has 5 nitrogen and oxygen atoms in total. The second-order valence-corrected chi connectivity index (χ2v) is 6.36. The van der Waals surface area contributed by atoms with Gasteiger partial charge in [-0.15, -0.1) is 0 Å². The highest BCUT2D eigenvalue weighted by Crippen LogP contribution is 2.23. The third kappa shape index (κ3) is 3.42. The zero-order chi connectivity index (χ0) is 15.5. The summed E-state index contributed by atoms with van der Waals surface area (Å²) in [6, 6.07) is 7.09. The molecule has 1 aromatic rings. The number of piperazine rings is 1. The van der Waals surface area contributed by atoms with Crippen molar-refractivity contribution in [2.75, 3.05) is 5.32 Å². The van der Waals surface area contributed by atoms with E-state index in [9.17, 15) is 9.59 Å². The van der Waals surface area contributed by atoms with Crippen molar-refractivity contribution in [3.63, 3.8) is 0 Å². The molecule has 3 N–H and O–H groups in total. The fourth-order valence-electron chi connectivity index (χ4n) is 3.22. The minimum atomic E-state index is -0.471. The van der Waals surface area contributed by atoms with Crippen LogP contribution in [0.3, 0.4) is 0 Å². The first-order valence-electron chi connectivity index (χ1n) is 7.74. The van der Waals surface area contributed by atoms with Crippen molar-refractivity contribution in [1.82, 2.24) is 10.6 Å². The van der Waals surface area contributed by atoms with Crippen LogP contribution in [0.2, 0.25) is 5.02 Å². The maximum absolute atomic E-state index is 12.1. The Morgan fingerprint density at radius 2 is 1.95 bits per heavy atom. The quantitative estimate of drug-likeness (QED) is 0.798. The second-order valence-electron chi connectivity index (χ2n) is 5.96. The van der Waals surface area contributed by atoms with E-state index in [-0.39, 0.29) is 30.3 Å². The largest absolute Gasteiger partial charge is 0.350 e. The lowest BCUT2D eigenvalue weighted by Crippen LogP contribution is -2.65. The molecule has 1 heterocycles. The third-order valence-electron chi connectivity index (χ3n) is 4.36. The number of amides is 2. The lowest BCUT2D eigenvalue weighted by atomic mass is 9.87. The fourth-order valence-corrected chi connectivity index (χ4v) is 3.40. The maximum Gasteiger partial charge on any atom is 0.237 e. The molecule has 1 saturated carbocycles. The van der Waals surface area contributed by atoms with Gasteiger partial charge in [-0.25, -0.2) is 0 Å². The number of para-hydroxylation sites is 1. The molecule has 2 fully saturated rings. The Balaban J connectivity index is 1.59. The van der Waals surface area contributed by atoms with E-state index in [1.165, 1.54) is 6.42 Å². The van der Waals surface area contributed by atoms with Crippen molar-refractivity contribution in [2.24, 2.45) is 0 Å². The topological polar surface area (TPSA) is 70.2 Å². The highest BCUT2D eigenvalue weighted by atomic mass is 35.5. The average molecular weight is 322 g/mol. The van der Waals surface area contributed by atoms with Gasteiger partial charge in [-0.05, 0) is 25.0 Å². The van der Waals surface area contributed by atoms with E-state index in [1.807, 2.05) is 0 Å². The number of halogens is 1. The Morgan fingerprint density at radius 1 is 1.23 bits per heavy atom. The van der Waals surface area contributed by atoms with Crippen LogP contribution in [0.15, 0.2) is 24.3 Å². The molecule has 22 heavy (non-hydrogen) atoms. The summed E-state index contributed by atoms with van der Waals surface area (Å²) in [6.07, 6.45) is 4.50. The molecule has 0 radical (unpaired) electrons. The van der Waals surface area contributed by atoms with Gasteiger partial charge in [0.05, 0.1) is 23.2 Å². The van der Waals surface area contributed by atoms with Crippen LogP contribution >= 0.6 is 11.6 Å². The molecule has 3 rings (SSSR count). The molecule has 0 bridgehead atoms. The van der Waals surface area contributed by atoms with Crippen molar-refractivity contribution in [2.45, 2.75) is 50.2 Å². The molecule has 1 aliphatic carbocycles. The highest BCUT2D eigenvalue weighted by Gasteiger charge is 2.36.